The zero-order valence-corrected chi connectivity index (χ0v) is 23.7. The van der Waals surface area contributed by atoms with Crippen molar-refractivity contribution >= 4 is 73.8 Å². The van der Waals surface area contributed by atoms with Gasteiger partial charge in [0.15, 0.2) is 5.65 Å². The molecule has 11 nitrogen and oxygen atoms in total. The lowest BCUT2D eigenvalue weighted by Crippen LogP contribution is -2.16. The molecule has 0 spiro atoms. The number of halogens is 1. The molecule has 0 unspecified atom stereocenters. The van der Waals surface area contributed by atoms with Crippen LogP contribution in [-0.2, 0) is 21.4 Å². The summed E-state index contributed by atoms with van der Waals surface area (Å²) in [6.07, 6.45) is 0. The molecule has 3 heterocycles. The summed E-state index contributed by atoms with van der Waals surface area (Å²) < 4.78 is 29.9. The second-order valence-corrected chi connectivity index (χ2v) is 11.1. The van der Waals surface area contributed by atoms with Crippen molar-refractivity contribution in [2.75, 3.05) is 15.8 Å². The molecule has 14 heteroatoms. The fraction of sp³-hybridized carbons (Fsp3) is 0.200. The Labute approximate surface area is 235 Å². The predicted octanol–water partition coefficient (Wildman–Crippen LogP) is 4.36. The number of para-hydroxylation sites is 1. The van der Waals surface area contributed by atoms with Gasteiger partial charge in [-0.2, -0.15) is 0 Å². The lowest BCUT2D eigenvalue weighted by atomic mass is 10.2. The van der Waals surface area contributed by atoms with Crippen molar-refractivity contribution in [1.29, 1.82) is 0 Å². The van der Waals surface area contributed by atoms with E-state index < -0.39 is 10.0 Å². The first-order valence-electron chi connectivity index (χ1n) is 11.7. The number of hydrogen-bond donors (Lipinski definition) is 2. The molecule has 5 aromatic rings. The predicted molar refractivity (Wildman–Crippen MR) is 154 cm³/mol. The first-order chi connectivity index (χ1) is 18.2. The number of nitrogens with one attached hydrogen (secondary N) is 2. The van der Waals surface area contributed by atoms with Crippen LogP contribution in [0.25, 0.3) is 22.1 Å². The van der Waals surface area contributed by atoms with Gasteiger partial charge in [0.1, 0.15) is 5.52 Å². The van der Waals surface area contributed by atoms with E-state index in [1.165, 1.54) is 36.0 Å². The van der Waals surface area contributed by atoms with Crippen LogP contribution >= 0.6 is 24.2 Å². The summed E-state index contributed by atoms with van der Waals surface area (Å²) in [5, 5.41) is 12.7. The van der Waals surface area contributed by atoms with E-state index in [9.17, 15) is 13.2 Å². The average molecular weight is 585 g/mol. The molecule has 5 rings (SSSR count). The number of benzene rings is 2. The monoisotopic (exact) mass is 584 g/mol. The van der Waals surface area contributed by atoms with E-state index in [0.29, 0.717) is 22.2 Å². The Balaban J connectivity index is 0.00000353. The number of rotatable bonds is 8. The van der Waals surface area contributed by atoms with Crippen LogP contribution in [0.1, 0.15) is 18.3 Å². The maximum Gasteiger partial charge on any atom is 0.264 e. The van der Waals surface area contributed by atoms with Crippen LogP contribution < -0.4 is 10.0 Å². The molecular formula is C25H25ClN8O3S2. The van der Waals surface area contributed by atoms with E-state index in [4.69, 9.17) is 0 Å². The highest BCUT2D eigenvalue weighted by Gasteiger charge is 2.17. The van der Waals surface area contributed by atoms with Crippen molar-refractivity contribution < 1.29 is 13.2 Å². The van der Waals surface area contributed by atoms with Gasteiger partial charge in [-0.15, -0.1) is 22.6 Å². The van der Waals surface area contributed by atoms with E-state index >= 15 is 0 Å². The second kappa shape index (κ2) is 11.5. The maximum absolute atomic E-state index is 12.7. The van der Waals surface area contributed by atoms with Crippen LogP contribution in [0.3, 0.4) is 0 Å². The van der Waals surface area contributed by atoms with E-state index in [2.05, 4.69) is 39.8 Å². The van der Waals surface area contributed by atoms with Crippen molar-refractivity contribution in [2.45, 2.75) is 37.4 Å². The number of carbonyl (C=O) groups is 1. The summed E-state index contributed by atoms with van der Waals surface area (Å²) in [6.45, 7) is 6.28. The molecule has 0 fully saturated rings. The number of anilines is 2. The lowest BCUT2D eigenvalue weighted by Gasteiger charge is -2.09. The molecular weight excluding hydrogens is 560 g/mol. The minimum Gasteiger partial charge on any atom is -0.325 e. The topological polar surface area (TPSA) is 145 Å². The van der Waals surface area contributed by atoms with E-state index in [1.54, 1.807) is 19.9 Å². The molecule has 3 aromatic heterocycles. The van der Waals surface area contributed by atoms with Crippen LogP contribution in [0.2, 0.25) is 0 Å². The molecule has 0 atom stereocenters. The lowest BCUT2D eigenvalue weighted by molar-refractivity contribution is -0.113. The molecule has 0 aliphatic carbocycles. The van der Waals surface area contributed by atoms with Gasteiger partial charge in [0.25, 0.3) is 10.0 Å². The Hall–Kier alpha value is -3.81. The van der Waals surface area contributed by atoms with Crippen molar-refractivity contribution in [3.05, 3.63) is 66.0 Å². The largest absolute Gasteiger partial charge is 0.325 e. The molecule has 0 saturated carbocycles. The summed E-state index contributed by atoms with van der Waals surface area (Å²) >= 11 is 1.17. The summed E-state index contributed by atoms with van der Waals surface area (Å²) in [5.41, 5.74) is 4.25. The third-order valence-electron chi connectivity index (χ3n) is 5.66. The van der Waals surface area contributed by atoms with Crippen molar-refractivity contribution in [3.63, 3.8) is 0 Å². The molecule has 202 valence electrons. The average Bonchev–Trinajstić information content (AvgIpc) is 3.20. The van der Waals surface area contributed by atoms with Gasteiger partial charge in [0.2, 0.25) is 17.0 Å². The van der Waals surface area contributed by atoms with Gasteiger partial charge in [-0.3, -0.25) is 4.79 Å². The number of aromatic nitrogens is 6. The molecule has 39 heavy (non-hydrogen) atoms. The third-order valence-corrected chi connectivity index (χ3v) is 7.84. The Morgan fingerprint density at radius 2 is 1.67 bits per heavy atom. The quantitative estimate of drug-likeness (QED) is 0.254. The van der Waals surface area contributed by atoms with Crippen molar-refractivity contribution in [3.8, 4) is 0 Å². The fourth-order valence-corrected chi connectivity index (χ4v) is 5.59. The molecule has 2 N–H and O–H groups in total. The number of thioether (sulfide) groups is 1. The smallest absolute Gasteiger partial charge is 0.264 e. The molecule has 1 amide bonds. The number of nitrogens with zero attached hydrogens (tertiary/aromatic N) is 6. The highest BCUT2D eigenvalue weighted by molar-refractivity contribution is 7.99. The Kier molecular flexibility index (Phi) is 8.33. The van der Waals surface area contributed by atoms with Crippen LogP contribution in [0.5, 0.6) is 0 Å². The maximum atomic E-state index is 12.7. The first kappa shape index (κ1) is 28.2. The number of fused-ring (bicyclic) bond motifs is 3. The molecule has 0 radical (unpaired) electrons. The second-order valence-electron chi connectivity index (χ2n) is 8.47. The summed E-state index contributed by atoms with van der Waals surface area (Å²) in [5.74, 6) is -0.219. The van der Waals surface area contributed by atoms with E-state index in [0.717, 1.165) is 28.6 Å². The van der Waals surface area contributed by atoms with Crippen LogP contribution in [0.15, 0.2) is 64.6 Å². The van der Waals surface area contributed by atoms with Crippen LogP contribution in [0.4, 0.5) is 11.6 Å². The minimum atomic E-state index is -3.89. The molecule has 0 saturated heterocycles. The van der Waals surface area contributed by atoms with Gasteiger partial charge in [-0.25, -0.2) is 28.1 Å². The number of carbonyl (C=O) groups excluding carboxylic acids is 1. The Bertz CT molecular complexity index is 1760. The van der Waals surface area contributed by atoms with Crippen molar-refractivity contribution in [2.24, 2.45) is 0 Å². The minimum absolute atomic E-state index is 0. The zero-order chi connectivity index (χ0) is 26.9. The Morgan fingerprint density at radius 1 is 0.974 bits per heavy atom. The third kappa shape index (κ3) is 6.10. The Morgan fingerprint density at radius 3 is 2.36 bits per heavy atom. The number of aryl methyl sites for hydroxylation is 3. The standard InChI is InChI=1S/C25H24N8O3S2.ClH/c1-4-33-20-8-6-5-7-19(20)22-23(33)29-25(31-30-22)37-14-21(34)28-17-9-11-18(12-10-17)38(35,36)32-24-26-15(2)13-16(3)27-24;/h5-13H,4,14H2,1-3H3,(H,28,34)(H,26,27,32);1H. The highest BCUT2D eigenvalue weighted by Crippen LogP contribution is 2.27. The number of amides is 1. The van der Waals surface area contributed by atoms with Crippen molar-refractivity contribution in [1.82, 2.24) is 29.7 Å². The van der Waals surface area contributed by atoms with E-state index in [1.807, 2.05) is 31.2 Å². The van der Waals surface area contributed by atoms with E-state index in [-0.39, 0.29) is 34.9 Å². The van der Waals surface area contributed by atoms with Gasteiger partial charge in [0, 0.05) is 29.0 Å². The van der Waals surface area contributed by atoms with Crippen LogP contribution in [0, 0.1) is 13.8 Å². The normalized spacial score (nSPS) is 11.4. The van der Waals surface area contributed by atoms with Crippen LogP contribution in [-0.4, -0.2) is 49.8 Å². The van der Waals surface area contributed by atoms with Gasteiger partial charge in [-0.1, -0.05) is 30.0 Å². The summed E-state index contributed by atoms with van der Waals surface area (Å²) in [4.78, 5) is 25.4. The summed E-state index contributed by atoms with van der Waals surface area (Å²) in [7, 11) is -3.89. The SMILES string of the molecule is CCn1c2ccccc2c2nnc(SCC(=O)Nc3ccc(S(=O)(=O)Nc4nc(C)cc(C)n4)cc3)nc21.Cl. The first-order valence-corrected chi connectivity index (χ1v) is 14.2. The molecule has 0 aliphatic rings. The molecule has 0 bridgehead atoms. The highest BCUT2D eigenvalue weighted by atomic mass is 35.5. The fourth-order valence-electron chi connectivity index (χ4n) is 4.07. The van der Waals surface area contributed by atoms with Gasteiger partial charge in [-0.05, 0) is 57.2 Å². The zero-order valence-electron chi connectivity index (χ0n) is 21.2. The van der Waals surface area contributed by atoms with Gasteiger partial charge in [0.05, 0.1) is 16.2 Å². The number of hydrogen-bond acceptors (Lipinski definition) is 9. The molecule has 2 aromatic carbocycles. The van der Waals surface area contributed by atoms with Gasteiger partial charge >= 0.3 is 0 Å². The molecule has 0 aliphatic heterocycles. The number of sulfonamides is 1. The summed E-state index contributed by atoms with van der Waals surface area (Å²) in [6, 6.07) is 15.5. The van der Waals surface area contributed by atoms with Gasteiger partial charge < -0.3 is 9.88 Å².